The van der Waals surface area contributed by atoms with Gasteiger partial charge in [0, 0.05) is 19.1 Å². The predicted molar refractivity (Wildman–Crippen MR) is 69.5 cm³/mol. The van der Waals surface area contributed by atoms with Crippen LogP contribution in [0.3, 0.4) is 0 Å². The standard InChI is InChI=1S/C13H20N4O2/c1-2-5-14-7-12-15-13(16-19-12)11-8-17-6-3-4-10(17)9-18-11/h2,10-11,14H,1,3-9H2. The molecule has 0 amide bonds. The molecule has 0 aliphatic carbocycles. The molecule has 6 nitrogen and oxygen atoms in total. The van der Waals surface area contributed by atoms with Gasteiger partial charge in [-0.2, -0.15) is 4.98 Å². The van der Waals surface area contributed by atoms with Crippen molar-refractivity contribution in [3.8, 4) is 0 Å². The molecule has 1 N–H and O–H groups in total. The Morgan fingerprint density at radius 3 is 3.37 bits per heavy atom. The molecule has 2 aliphatic heterocycles. The van der Waals surface area contributed by atoms with Crippen molar-refractivity contribution in [2.24, 2.45) is 0 Å². The van der Waals surface area contributed by atoms with E-state index in [-0.39, 0.29) is 6.10 Å². The molecule has 2 fully saturated rings. The van der Waals surface area contributed by atoms with E-state index >= 15 is 0 Å². The van der Waals surface area contributed by atoms with Gasteiger partial charge in [-0.15, -0.1) is 6.58 Å². The Balaban J connectivity index is 1.58. The van der Waals surface area contributed by atoms with E-state index in [1.165, 1.54) is 12.8 Å². The molecule has 0 saturated carbocycles. The summed E-state index contributed by atoms with van der Waals surface area (Å²) >= 11 is 0. The third-order valence-corrected chi connectivity index (χ3v) is 3.73. The highest BCUT2D eigenvalue weighted by atomic mass is 16.5. The molecule has 2 unspecified atom stereocenters. The summed E-state index contributed by atoms with van der Waals surface area (Å²) in [6.45, 7) is 7.77. The lowest BCUT2D eigenvalue weighted by molar-refractivity contribution is -0.0548. The van der Waals surface area contributed by atoms with E-state index < -0.39 is 0 Å². The minimum atomic E-state index is -0.0498. The first-order valence-corrected chi connectivity index (χ1v) is 6.86. The lowest BCUT2D eigenvalue weighted by Gasteiger charge is -2.33. The fraction of sp³-hybridized carbons (Fsp3) is 0.692. The zero-order chi connectivity index (χ0) is 13.1. The second-order valence-electron chi connectivity index (χ2n) is 5.08. The van der Waals surface area contributed by atoms with Gasteiger partial charge in [0.15, 0.2) is 0 Å². The summed E-state index contributed by atoms with van der Waals surface area (Å²) in [5.74, 6) is 1.27. The first-order chi connectivity index (χ1) is 9.36. The van der Waals surface area contributed by atoms with Gasteiger partial charge in [-0.05, 0) is 19.4 Å². The van der Waals surface area contributed by atoms with E-state index in [1.54, 1.807) is 6.08 Å². The van der Waals surface area contributed by atoms with E-state index in [0.717, 1.165) is 26.2 Å². The zero-order valence-electron chi connectivity index (χ0n) is 11.0. The largest absolute Gasteiger partial charge is 0.367 e. The Labute approximate surface area is 112 Å². The highest BCUT2D eigenvalue weighted by Crippen LogP contribution is 2.28. The Morgan fingerprint density at radius 1 is 1.53 bits per heavy atom. The summed E-state index contributed by atoms with van der Waals surface area (Å²) in [6.07, 6.45) is 4.26. The molecule has 0 spiro atoms. The average molecular weight is 264 g/mol. The summed E-state index contributed by atoms with van der Waals surface area (Å²) in [5, 5.41) is 7.17. The van der Waals surface area contributed by atoms with Crippen molar-refractivity contribution in [1.82, 2.24) is 20.4 Å². The molecule has 104 valence electrons. The van der Waals surface area contributed by atoms with Crippen LogP contribution in [0.1, 0.15) is 30.7 Å². The lowest BCUT2D eigenvalue weighted by Crippen LogP contribution is -2.42. The average Bonchev–Trinajstić information content (AvgIpc) is 3.06. The van der Waals surface area contributed by atoms with Crippen LogP contribution >= 0.6 is 0 Å². The number of fused-ring (bicyclic) bond motifs is 1. The van der Waals surface area contributed by atoms with Gasteiger partial charge in [-0.25, -0.2) is 0 Å². The van der Waals surface area contributed by atoms with Crippen LogP contribution in [0.15, 0.2) is 17.2 Å². The van der Waals surface area contributed by atoms with E-state index in [9.17, 15) is 0 Å². The minimum Gasteiger partial charge on any atom is -0.367 e. The lowest BCUT2D eigenvalue weighted by atomic mass is 10.2. The number of aromatic nitrogens is 2. The number of ether oxygens (including phenoxy) is 1. The van der Waals surface area contributed by atoms with Crippen LogP contribution in [-0.4, -0.2) is 47.3 Å². The fourth-order valence-corrected chi connectivity index (χ4v) is 2.73. The van der Waals surface area contributed by atoms with Gasteiger partial charge in [0.1, 0.15) is 6.10 Å². The highest BCUT2D eigenvalue weighted by Gasteiger charge is 2.34. The number of hydrogen-bond donors (Lipinski definition) is 1. The molecule has 1 aromatic heterocycles. The normalized spacial score (nSPS) is 27.4. The molecule has 3 rings (SSSR count). The molecule has 2 aliphatic rings. The Kier molecular flexibility index (Phi) is 3.91. The third-order valence-electron chi connectivity index (χ3n) is 3.73. The number of morpholine rings is 1. The molecule has 0 aromatic carbocycles. The second kappa shape index (κ2) is 5.81. The van der Waals surface area contributed by atoms with Crippen molar-refractivity contribution >= 4 is 0 Å². The first kappa shape index (κ1) is 12.8. The summed E-state index contributed by atoms with van der Waals surface area (Å²) < 4.78 is 11.1. The number of hydrogen-bond acceptors (Lipinski definition) is 6. The number of nitrogens with zero attached hydrogens (tertiary/aromatic N) is 3. The first-order valence-electron chi connectivity index (χ1n) is 6.86. The zero-order valence-corrected chi connectivity index (χ0v) is 11.0. The molecule has 19 heavy (non-hydrogen) atoms. The summed E-state index contributed by atoms with van der Waals surface area (Å²) in [4.78, 5) is 6.87. The van der Waals surface area contributed by atoms with Crippen molar-refractivity contribution in [2.45, 2.75) is 31.5 Å². The smallest absolute Gasteiger partial charge is 0.240 e. The highest BCUT2D eigenvalue weighted by molar-refractivity contribution is 4.97. The van der Waals surface area contributed by atoms with E-state index in [1.807, 2.05) is 0 Å². The van der Waals surface area contributed by atoms with Gasteiger partial charge >= 0.3 is 0 Å². The Morgan fingerprint density at radius 2 is 2.47 bits per heavy atom. The fourth-order valence-electron chi connectivity index (χ4n) is 2.73. The Hall–Kier alpha value is -1.24. The molecule has 0 bridgehead atoms. The van der Waals surface area contributed by atoms with Gasteiger partial charge in [-0.1, -0.05) is 11.2 Å². The minimum absolute atomic E-state index is 0.0498. The molecular weight excluding hydrogens is 244 g/mol. The summed E-state index contributed by atoms with van der Waals surface area (Å²) in [7, 11) is 0. The monoisotopic (exact) mass is 264 g/mol. The van der Waals surface area contributed by atoms with Crippen LogP contribution in [0.2, 0.25) is 0 Å². The maximum absolute atomic E-state index is 5.85. The van der Waals surface area contributed by atoms with Crippen molar-refractivity contribution < 1.29 is 9.26 Å². The molecule has 2 saturated heterocycles. The second-order valence-corrected chi connectivity index (χ2v) is 5.08. The number of nitrogens with one attached hydrogen (secondary N) is 1. The summed E-state index contributed by atoms with van der Waals surface area (Å²) in [5.41, 5.74) is 0. The number of rotatable bonds is 5. The molecule has 6 heteroatoms. The maximum atomic E-state index is 5.85. The SMILES string of the molecule is C=CCNCc1nc(C2CN3CCCC3CO2)no1. The van der Waals surface area contributed by atoms with E-state index in [4.69, 9.17) is 9.26 Å². The summed E-state index contributed by atoms with van der Waals surface area (Å²) in [6, 6.07) is 0.594. The van der Waals surface area contributed by atoms with Crippen molar-refractivity contribution in [3.63, 3.8) is 0 Å². The van der Waals surface area contributed by atoms with E-state index in [0.29, 0.717) is 24.3 Å². The topological polar surface area (TPSA) is 63.4 Å². The van der Waals surface area contributed by atoms with Crippen LogP contribution < -0.4 is 5.32 Å². The molecule has 2 atom stereocenters. The third kappa shape index (κ3) is 2.86. The van der Waals surface area contributed by atoms with Crippen molar-refractivity contribution in [1.29, 1.82) is 0 Å². The Bertz CT molecular complexity index is 434. The molecule has 3 heterocycles. The van der Waals surface area contributed by atoms with Crippen LogP contribution in [-0.2, 0) is 11.3 Å². The maximum Gasteiger partial charge on any atom is 0.240 e. The quantitative estimate of drug-likeness (QED) is 0.629. The van der Waals surface area contributed by atoms with Crippen molar-refractivity contribution in [2.75, 3.05) is 26.2 Å². The van der Waals surface area contributed by atoms with Gasteiger partial charge in [-0.3, -0.25) is 4.90 Å². The predicted octanol–water partition coefficient (Wildman–Crippen LogP) is 0.881. The van der Waals surface area contributed by atoms with Gasteiger partial charge < -0.3 is 14.6 Å². The van der Waals surface area contributed by atoms with Gasteiger partial charge in [0.25, 0.3) is 0 Å². The van der Waals surface area contributed by atoms with Gasteiger partial charge in [0.2, 0.25) is 11.7 Å². The van der Waals surface area contributed by atoms with Crippen LogP contribution in [0.5, 0.6) is 0 Å². The van der Waals surface area contributed by atoms with E-state index in [2.05, 4.69) is 26.9 Å². The van der Waals surface area contributed by atoms with Crippen LogP contribution in [0.25, 0.3) is 0 Å². The molecule has 0 radical (unpaired) electrons. The molecular formula is C13H20N4O2. The van der Waals surface area contributed by atoms with Crippen LogP contribution in [0, 0.1) is 0 Å². The van der Waals surface area contributed by atoms with Gasteiger partial charge in [0.05, 0.1) is 13.2 Å². The van der Waals surface area contributed by atoms with Crippen molar-refractivity contribution in [3.05, 3.63) is 24.4 Å². The van der Waals surface area contributed by atoms with Crippen LogP contribution in [0.4, 0.5) is 0 Å². The molecule has 1 aromatic rings.